The minimum Gasteiger partial charge on any atom is -0.391 e. The van der Waals surface area contributed by atoms with Gasteiger partial charge in [-0.25, -0.2) is 0 Å². The number of aliphatic hydroxyl groups excluding tert-OH is 1. The third-order valence-electron chi connectivity index (χ3n) is 1.49. The van der Waals surface area contributed by atoms with Crippen molar-refractivity contribution in [2.45, 2.75) is 25.0 Å². The third-order valence-corrected chi connectivity index (χ3v) is 1.49. The van der Waals surface area contributed by atoms with Crippen molar-refractivity contribution in [1.29, 1.82) is 0 Å². The van der Waals surface area contributed by atoms with Gasteiger partial charge in [-0.1, -0.05) is 0 Å². The third kappa shape index (κ3) is 1.97. The first kappa shape index (κ1) is 7.50. The Kier molecular flexibility index (Phi) is 2.24. The van der Waals surface area contributed by atoms with Crippen molar-refractivity contribution in [2.75, 3.05) is 6.61 Å². The van der Waals surface area contributed by atoms with Crippen LogP contribution in [0.25, 0.3) is 0 Å². The predicted molar refractivity (Wildman–Crippen MR) is 34.2 cm³/mol. The molecule has 58 valence electrons. The fourth-order valence-corrected chi connectivity index (χ4v) is 1.05. The average Bonchev–Trinajstić information content (AvgIpc) is 2.13. The molecule has 0 aromatic heterocycles. The Labute approximate surface area is 59.0 Å². The highest BCUT2D eigenvalue weighted by molar-refractivity contribution is 5.74. The molecule has 2 atom stereocenters. The normalized spacial score (nSPS) is 32.5. The highest BCUT2D eigenvalue weighted by Gasteiger charge is 2.24. The number of amides is 1. The van der Waals surface area contributed by atoms with Crippen LogP contribution in [0.5, 0.6) is 0 Å². The lowest BCUT2D eigenvalue weighted by atomic mass is 10.1. The van der Waals surface area contributed by atoms with E-state index in [-0.39, 0.29) is 18.4 Å². The molecule has 1 aliphatic rings. The number of carbonyl (C=O) groups is 1. The maximum atomic E-state index is 10.3. The maximum Gasteiger partial charge on any atom is 0.220 e. The Morgan fingerprint density at radius 1 is 1.80 bits per heavy atom. The van der Waals surface area contributed by atoms with Crippen molar-refractivity contribution < 1.29 is 14.6 Å². The van der Waals surface area contributed by atoms with E-state index in [4.69, 9.17) is 15.6 Å². The summed E-state index contributed by atoms with van der Waals surface area (Å²) in [5.41, 5.74) is 4.92. The van der Waals surface area contributed by atoms with E-state index in [1.54, 1.807) is 0 Å². The van der Waals surface area contributed by atoms with Crippen LogP contribution >= 0.6 is 0 Å². The molecule has 0 aromatic carbocycles. The minimum atomic E-state index is -0.413. The number of aliphatic hydroxyl groups is 1. The zero-order valence-electron chi connectivity index (χ0n) is 5.62. The van der Waals surface area contributed by atoms with Gasteiger partial charge in [0, 0.05) is 6.42 Å². The van der Waals surface area contributed by atoms with Crippen LogP contribution in [0.1, 0.15) is 12.8 Å². The molecule has 0 aromatic rings. The quantitative estimate of drug-likeness (QED) is 0.524. The first-order valence-electron chi connectivity index (χ1n) is 3.26. The van der Waals surface area contributed by atoms with Crippen LogP contribution in [-0.2, 0) is 9.53 Å². The number of primary amides is 1. The van der Waals surface area contributed by atoms with E-state index < -0.39 is 6.10 Å². The minimum absolute atomic E-state index is 0.160. The van der Waals surface area contributed by atoms with Gasteiger partial charge in [0.2, 0.25) is 5.91 Å². The van der Waals surface area contributed by atoms with Gasteiger partial charge in [-0.3, -0.25) is 4.79 Å². The number of ether oxygens (including phenoxy) is 1. The van der Waals surface area contributed by atoms with Crippen LogP contribution in [0.3, 0.4) is 0 Å². The molecule has 1 unspecified atom stereocenters. The molecule has 1 saturated heterocycles. The molecule has 0 bridgehead atoms. The average molecular weight is 145 g/mol. The summed E-state index contributed by atoms with van der Waals surface area (Å²) in [5, 5.41) is 8.94. The van der Waals surface area contributed by atoms with Crippen LogP contribution in [0.15, 0.2) is 0 Å². The summed E-state index contributed by atoms with van der Waals surface area (Å²) in [5.74, 6) is -0.376. The van der Waals surface area contributed by atoms with Gasteiger partial charge in [0.05, 0.1) is 25.2 Å². The Hall–Kier alpha value is -0.610. The largest absolute Gasteiger partial charge is 0.391 e. The van der Waals surface area contributed by atoms with Gasteiger partial charge < -0.3 is 15.6 Å². The standard InChI is InChI=1S/C6H11NO3/c7-6(9)2-5-1-4(8)3-10-5/h4-5,8H,1-3H2,(H2,7,9)/t4-,5?/m0/s1. The molecule has 1 fully saturated rings. The van der Waals surface area contributed by atoms with Crippen molar-refractivity contribution in [3.8, 4) is 0 Å². The summed E-state index contributed by atoms with van der Waals surface area (Å²) in [6, 6.07) is 0. The molecule has 0 radical (unpaired) electrons. The van der Waals surface area contributed by atoms with Crippen molar-refractivity contribution in [3.05, 3.63) is 0 Å². The molecule has 0 saturated carbocycles. The van der Waals surface area contributed by atoms with Gasteiger partial charge >= 0.3 is 0 Å². The lowest BCUT2D eigenvalue weighted by Gasteiger charge is -2.03. The molecule has 1 rings (SSSR count). The first-order valence-corrected chi connectivity index (χ1v) is 3.26. The number of hydrogen-bond acceptors (Lipinski definition) is 3. The van der Waals surface area contributed by atoms with Crippen LogP contribution in [0.4, 0.5) is 0 Å². The predicted octanol–water partition coefficient (Wildman–Crippen LogP) is -0.988. The second-order valence-electron chi connectivity index (χ2n) is 2.52. The van der Waals surface area contributed by atoms with Crippen LogP contribution in [0, 0.1) is 0 Å². The molecule has 1 amide bonds. The number of rotatable bonds is 2. The highest BCUT2D eigenvalue weighted by atomic mass is 16.5. The molecule has 4 heteroatoms. The van der Waals surface area contributed by atoms with Crippen LogP contribution in [0.2, 0.25) is 0 Å². The van der Waals surface area contributed by atoms with Crippen molar-refractivity contribution in [2.24, 2.45) is 5.73 Å². The lowest BCUT2D eigenvalue weighted by Crippen LogP contribution is -2.19. The van der Waals surface area contributed by atoms with E-state index in [2.05, 4.69) is 0 Å². The summed E-state index contributed by atoms with van der Waals surface area (Å²) in [6.45, 7) is 0.331. The monoisotopic (exact) mass is 145 g/mol. The van der Waals surface area contributed by atoms with Gasteiger partial charge in [-0.15, -0.1) is 0 Å². The van der Waals surface area contributed by atoms with Crippen molar-refractivity contribution >= 4 is 5.91 Å². The molecular formula is C6H11NO3. The fraction of sp³-hybridized carbons (Fsp3) is 0.833. The van der Waals surface area contributed by atoms with Crippen molar-refractivity contribution in [3.63, 3.8) is 0 Å². The number of hydrogen-bond donors (Lipinski definition) is 2. The molecule has 4 nitrogen and oxygen atoms in total. The Morgan fingerprint density at radius 2 is 2.50 bits per heavy atom. The van der Waals surface area contributed by atoms with Gasteiger partial charge in [-0.05, 0) is 0 Å². The molecular weight excluding hydrogens is 134 g/mol. The van der Waals surface area contributed by atoms with Crippen LogP contribution < -0.4 is 5.73 Å². The fourth-order valence-electron chi connectivity index (χ4n) is 1.05. The van der Waals surface area contributed by atoms with Gasteiger partial charge in [0.1, 0.15) is 0 Å². The second kappa shape index (κ2) is 2.98. The number of nitrogens with two attached hydrogens (primary N) is 1. The van der Waals surface area contributed by atoms with Gasteiger partial charge in [0.25, 0.3) is 0 Å². The Morgan fingerprint density at radius 3 is 2.90 bits per heavy atom. The molecule has 1 aliphatic heterocycles. The van der Waals surface area contributed by atoms with E-state index in [1.165, 1.54) is 0 Å². The zero-order valence-corrected chi connectivity index (χ0v) is 5.62. The summed E-state index contributed by atoms with van der Waals surface area (Å²) in [6.07, 6.45) is 0.178. The summed E-state index contributed by atoms with van der Waals surface area (Å²) < 4.78 is 5.03. The second-order valence-corrected chi connectivity index (χ2v) is 2.52. The zero-order chi connectivity index (χ0) is 7.56. The first-order chi connectivity index (χ1) is 4.68. The summed E-state index contributed by atoms with van der Waals surface area (Å²) in [4.78, 5) is 10.3. The van der Waals surface area contributed by atoms with Gasteiger partial charge in [-0.2, -0.15) is 0 Å². The van der Waals surface area contributed by atoms with E-state index in [1.807, 2.05) is 0 Å². The van der Waals surface area contributed by atoms with E-state index in [0.29, 0.717) is 13.0 Å². The summed E-state index contributed by atoms with van der Waals surface area (Å²) in [7, 11) is 0. The van der Waals surface area contributed by atoms with Gasteiger partial charge in [0.15, 0.2) is 0 Å². The molecule has 3 N–H and O–H groups in total. The molecule has 0 aliphatic carbocycles. The molecule has 1 heterocycles. The van der Waals surface area contributed by atoms with Crippen molar-refractivity contribution in [1.82, 2.24) is 0 Å². The topological polar surface area (TPSA) is 72.6 Å². The Bertz CT molecular complexity index is 137. The summed E-state index contributed by atoms with van der Waals surface area (Å²) >= 11 is 0. The van der Waals surface area contributed by atoms with Crippen LogP contribution in [-0.4, -0.2) is 29.8 Å². The molecule has 10 heavy (non-hydrogen) atoms. The lowest BCUT2D eigenvalue weighted by molar-refractivity contribution is -0.120. The molecule has 0 spiro atoms. The highest BCUT2D eigenvalue weighted by Crippen LogP contribution is 2.15. The van der Waals surface area contributed by atoms with E-state index >= 15 is 0 Å². The maximum absolute atomic E-state index is 10.3. The Balaban J connectivity index is 2.24. The van der Waals surface area contributed by atoms with E-state index in [0.717, 1.165) is 0 Å². The number of carbonyl (C=O) groups excluding carboxylic acids is 1. The SMILES string of the molecule is NC(=O)CC1C[C@H](O)CO1. The smallest absolute Gasteiger partial charge is 0.220 e. The van der Waals surface area contributed by atoms with E-state index in [9.17, 15) is 4.79 Å².